The van der Waals surface area contributed by atoms with Crippen LogP contribution in [0.4, 0.5) is 11.4 Å². The van der Waals surface area contributed by atoms with Gasteiger partial charge in [0.2, 0.25) is 5.71 Å². The third-order valence-electron chi connectivity index (χ3n) is 10.6. The van der Waals surface area contributed by atoms with E-state index in [1.54, 1.807) is 14.2 Å². The molecular weight excluding hydrogens is 568 g/mol. The minimum absolute atomic E-state index is 0.112. The number of anilines is 2. The Balaban J connectivity index is 1.42. The van der Waals surface area contributed by atoms with E-state index in [4.69, 9.17) is 9.47 Å². The molecule has 3 aliphatic heterocycles. The number of benzene rings is 2. The summed E-state index contributed by atoms with van der Waals surface area (Å²) in [4.78, 5) is 4.96. The molecule has 0 radical (unpaired) electrons. The Morgan fingerprint density at radius 2 is 1.17 bits per heavy atom. The average Bonchev–Trinajstić information content (AvgIpc) is 3.43. The van der Waals surface area contributed by atoms with Crippen molar-refractivity contribution in [3.05, 3.63) is 94.4 Å². The molecule has 6 heteroatoms. The van der Waals surface area contributed by atoms with Gasteiger partial charge in [-0.25, -0.2) is 4.58 Å². The lowest BCUT2D eigenvalue weighted by atomic mass is 9.82. The van der Waals surface area contributed by atoms with Gasteiger partial charge in [0.05, 0.1) is 27.3 Å². The molecule has 0 aromatic heterocycles. The highest BCUT2D eigenvalue weighted by molar-refractivity contribution is 6.10. The Bertz CT molecular complexity index is 1540. The van der Waals surface area contributed by atoms with Gasteiger partial charge >= 0.3 is 0 Å². The first kappa shape index (κ1) is 32.2. The number of rotatable bonds is 6. The molecule has 0 amide bonds. The maximum Gasteiger partial charge on any atom is 0.206 e. The molecule has 0 spiro atoms. The van der Waals surface area contributed by atoms with Crippen molar-refractivity contribution in [2.45, 2.75) is 71.6 Å². The van der Waals surface area contributed by atoms with E-state index >= 15 is 0 Å². The zero-order valence-electron chi connectivity index (χ0n) is 29.3. The highest BCUT2D eigenvalue weighted by atomic mass is 16.5. The normalized spacial score (nSPS) is 23.9. The van der Waals surface area contributed by atoms with Gasteiger partial charge in [-0.3, -0.25) is 0 Å². The molecule has 6 rings (SSSR count). The number of fused-ring (bicyclic) bond motifs is 2. The van der Waals surface area contributed by atoms with Crippen molar-refractivity contribution in [3.63, 3.8) is 0 Å². The molecule has 0 unspecified atom stereocenters. The third kappa shape index (κ3) is 5.49. The van der Waals surface area contributed by atoms with Crippen LogP contribution < -0.4 is 24.6 Å². The second kappa shape index (κ2) is 12.8. The molecule has 3 heterocycles. The standard InChI is InChI=1S/C40H53N4O2/c1-9-43-34-18-16-30(45-7)26-32(34)39(3,4)36(43)20-14-28-12-11-13-29(38(28)42-24-22-41-23-25-42)15-21-37-40(5,6)33-27-31(46-8)17-19-35(33)44(37)10-2/h14-21,26-27,41H,9-13,22-25H2,1-8H3/q+1. The van der Waals surface area contributed by atoms with Gasteiger partial charge in [0.15, 0.2) is 13.1 Å². The Morgan fingerprint density at radius 1 is 0.717 bits per heavy atom. The zero-order chi connectivity index (χ0) is 32.6. The molecule has 2 aromatic carbocycles. The first-order chi connectivity index (χ1) is 22.1. The Kier molecular flexibility index (Phi) is 8.95. The molecule has 2 aromatic rings. The van der Waals surface area contributed by atoms with Crippen LogP contribution in [0.3, 0.4) is 0 Å². The quantitative estimate of drug-likeness (QED) is 0.339. The second-order valence-corrected chi connectivity index (χ2v) is 13.9. The molecule has 2 fully saturated rings. The summed E-state index contributed by atoms with van der Waals surface area (Å²) in [7, 11) is 3.51. The van der Waals surface area contributed by atoms with Crippen LogP contribution in [0.1, 0.15) is 71.9 Å². The van der Waals surface area contributed by atoms with E-state index in [2.05, 4.69) is 122 Å². The number of methoxy groups -OCH3 is 2. The molecule has 4 aliphatic rings. The van der Waals surface area contributed by atoms with E-state index in [-0.39, 0.29) is 10.8 Å². The van der Waals surface area contributed by atoms with Crippen molar-refractivity contribution >= 4 is 17.1 Å². The van der Waals surface area contributed by atoms with Crippen LogP contribution in [0.5, 0.6) is 11.5 Å². The predicted molar refractivity (Wildman–Crippen MR) is 192 cm³/mol. The molecule has 0 bridgehead atoms. The smallest absolute Gasteiger partial charge is 0.206 e. The number of hydrogen-bond acceptors (Lipinski definition) is 5. The van der Waals surface area contributed by atoms with Gasteiger partial charge in [-0.05, 0) is 92.8 Å². The summed E-state index contributed by atoms with van der Waals surface area (Å²) in [6.45, 7) is 19.9. The topological polar surface area (TPSA) is 40.0 Å². The van der Waals surface area contributed by atoms with E-state index in [9.17, 15) is 0 Å². The van der Waals surface area contributed by atoms with Crippen molar-refractivity contribution in [2.24, 2.45) is 0 Å². The monoisotopic (exact) mass is 621 g/mol. The van der Waals surface area contributed by atoms with Crippen molar-refractivity contribution in [1.82, 2.24) is 5.32 Å². The summed E-state index contributed by atoms with van der Waals surface area (Å²) in [5.74, 6) is 1.84. The van der Waals surface area contributed by atoms with E-state index in [0.29, 0.717) is 0 Å². The number of likely N-dealkylation sites (N-methyl/N-ethyl adjacent to an activating group) is 2. The minimum atomic E-state index is -0.112. The molecule has 1 saturated heterocycles. The zero-order valence-corrected chi connectivity index (χ0v) is 29.3. The van der Waals surface area contributed by atoms with E-state index in [1.165, 1.54) is 50.8 Å². The Hall–Kier alpha value is -3.77. The molecule has 0 atom stereocenters. The molecule has 1 N–H and O–H groups in total. The van der Waals surface area contributed by atoms with Crippen LogP contribution in [-0.4, -0.2) is 63.8 Å². The van der Waals surface area contributed by atoms with Gasteiger partial charge in [-0.1, -0.05) is 39.8 Å². The molecule has 244 valence electrons. The summed E-state index contributed by atoms with van der Waals surface area (Å²) in [6.07, 6.45) is 13.1. The van der Waals surface area contributed by atoms with Gasteiger partial charge in [0.25, 0.3) is 0 Å². The number of nitrogens with zero attached hydrogens (tertiary/aromatic N) is 3. The third-order valence-corrected chi connectivity index (χ3v) is 10.6. The summed E-state index contributed by atoms with van der Waals surface area (Å²) in [6, 6.07) is 13.1. The fourth-order valence-corrected chi connectivity index (χ4v) is 8.13. The fraction of sp³-hybridized carbons (Fsp3) is 0.475. The summed E-state index contributed by atoms with van der Waals surface area (Å²) < 4.78 is 13.9. The number of ether oxygens (including phenoxy) is 2. The fourth-order valence-electron chi connectivity index (χ4n) is 8.13. The summed E-state index contributed by atoms with van der Waals surface area (Å²) in [5.41, 5.74) is 12.1. The maximum absolute atomic E-state index is 5.62. The van der Waals surface area contributed by atoms with Crippen LogP contribution in [0.25, 0.3) is 0 Å². The van der Waals surface area contributed by atoms with Crippen LogP contribution in [0.15, 0.2) is 83.2 Å². The number of allylic oxidation sites excluding steroid dienone is 8. The molecule has 1 saturated carbocycles. The van der Waals surface area contributed by atoms with Gasteiger partial charge in [-0.15, -0.1) is 0 Å². The van der Waals surface area contributed by atoms with Gasteiger partial charge < -0.3 is 24.6 Å². The number of piperazine rings is 1. The van der Waals surface area contributed by atoms with E-state index in [1.807, 2.05) is 0 Å². The van der Waals surface area contributed by atoms with E-state index in [0.717, 1.165) is 70.0 Å². The van der Waals surface area contributed by atoms with Crippen molar-refractivity contribution < 1.29 is 14.0 Å². The first-order valence-corrected chi connectivity index (χ1v) is 17.2. The summed E-state index contributed by atoms with van der Waals surface area (Å²) >= 11 is 0. The van der Waals surface area contributed by atoms with Gasteiger partial charge in [-0.2, -0.15) is 0 Å². The average molecular weight is 622 g/mol. The SMILES string of the molecule is CCN1/C(=C\C=C2/CCC/C(=C\C=C3\N(CC)c4ccc(OC)cc4C3(C)C)C2=[N+]2CCNCC2)C(C)(C)c2cc(OC)ccc21. The second-order valence-electron chi connectivity index (χ2n) is 13.9. The lowest BCUT2D eigenvalue weighted by Gasteiger charge is -2.27. The van der Waals surface area contributed by atoms with Crippen molar-refractivity contribution in [1.29, 1.82) is 0 Å². The molecule has 6 nitrogen and oxygen atoms in total. The molecule has 1 aliphatic carbocycles. The van der Waals surface area contributed by atoms with Crippen LogP contribution in [0.2, 0.25) is 0 Å². The Morgan fingerprint density at radius 3 is 1.59 bits per heavy atom. The maximum atomic E-state index is 5.62. The number of hydrogen-bond donors (Lipinski definition) is 1. The highest BCUT2D eigenvalue weighted by Crippen LogP contribution is 2.50. The lowest BCUT2D eigenvalue weighted by Crippen LogP contribution is -2.42. The number of nitrogens with one attached hydrogen (secondary N) is 1. The van der Waals surface area contributed by atoms with Crippen molar-refractivity contribution in [3.8, 4) is 11.5 Å². The first-order valence-electron chi connectivity index (χ1n) is 17.2. The van der Waals surface area contributed by atoms with Crippen LogP contribution in [0, 0.1) is 0 Å². The van der Waals surface area contributed by atoms with Crippen molar-refractivity contribution in [2.75, 3.05) is 63.3 Å². The predicted octanol–water partition coefficient (Wildman–Crippen LogP) is 7.50. The Labute approximate surface area is 276 Å². The highest BCUT2D eigenvalue weighted by Gasteiger charge is 2.41. The van der Waals surface area contributed by atoms with Crippen LogP contribution in [-0.2, 0) is 10.8 Å². The van der Waals surface area contributed by atoms with Crippen LogP contribution >= 0.6 is 0 Å². The van der Waals surface area contributed by atoms with E-state index < -0.39 is 0 Å². The van der Waals surface area contributed by atoms with Gasteiger partial charge in [0, 0.05) is 57.8 Å². The molecular formula is C40H53N4O2+. The molecule has 46 heavy (non-hydrogen) atoms. The largest absolute Gasteiger partial charge is 0.497 e. The van der Waals surface area contributed by atoms with Gasteiger partial charge in [0.1, 0.15) is 11.5 Å². The minimum Gasteiger partial charge on any atom is -0.497 e. The summed E-state index contributed by atoms with van der Waals surface area (Å²) in [5, 5.41) is 3.57. The lowest BCUT2D eigenvalue weighted by molar-refractivity contribution is -0.531.